The third-order valence-electron chi connectivity index (χ3n) is 3.00. The lowest BCUT2D eigenvalue weighted by Gasteiger charge is -2.22. The second kappa shape index (κ2) is 8.52. The number of amides is 1. The molecule has 0 aliphatic heterocycles. The monoisotopic (exact) mass is 257 g/mol. The van der Waals surface area contributed by atoms with E-state index in [2.05, 4.69) is 33.0 Å². The fourth-order valence-corrected chi connectivity index (χ4v) is 2.28. The van der Waals surface area contributed by atoms with Crippen LogP contribution in [0.4, 0.5) is 0 Å². The maximum Gasteiger partial charge on any atom is 0.220 e. The lowest BCUT2D eigenvalue weighted by Crippen LogP contribution is -2.27. The third-order valence-corrected chi connectivity index (χ3v) is 3.00. The minimum atomic E-state index is 0.156. The van der Waals surface area contributed by atoms with Gasteiger partial charge in [0.05, 0.1) is 0 Å². The van der Waals surface area contributed by atoms with Crippen molar-refractivity contribution in [2.75, 3.05) is 13.2 Å². The van der Waals surface area contributed by atoms with E-state index in [1.165, 1.54) is 0 Å². The van der Waals surface area contributed by atoms with Crippen molar-refractivity contribution in [3.8, 4) is 0 Å². The van der Waals surface area contributed by atoms with Gasteiger partial charge in [-0.2, -0.15) is 0 Å². The first-order valence-electron chi connectivity index (χ1n) is 7.12. The van der Waals surface area contributed by atoms with Crippen LogP contribution >= 0.6 is 0 Å². The molecule has 0 bridgehead atoms. The standard InChI is InChI=1S/C15H31NO2/c1-12(11-17)7-6-8-16-14(18)9-13(2)10-15(3,4)5/h12-13,17H,6-11H2,1-5H3,(H,16,18). The number of nitrogens with one attached hydrogen (secondary N) is 1. The zero-order chi connectivity index (χ0) is 14.2. The van der Waals surface area contributed by atoms with E-state index in [1.54, 1.807) is 0 Å². The Bertz CT molecular complexity index is 233. The van der Waals surface area contributed by atoms with Crippen LogP contribution in [0.5, 0.6) is 0 Å². The summed E-state index contributed by atoms with van der Waals surface area (Å²) in [5.41, 5.74) is 0.288. The Morgan fingerprint density at radius 2 is 1.83 bits per heavy atom. The number of carbonyl (C=O) groups is 1. The molecule has 1 amide bonds. The highest BCUT2D eigenvalue weighted by Crippen LogP contribution is 2.25. The van der Waals surface area contributed by atoms with E-state index in [1.807, 2.05) is 6.92 Å². The zero-order valence-corrected chi connectivity index (χ0v) is 12.8. The van der Waals surface area contributed by atoms with Crippen molar-refractivity contribution in [2.24, 2.45) is 17.3 Å². The van der Waals surface area contributed by atoms with Crippen molar-refractivity contribution in [1.29, 1.82) is 0 Å². The van der Waals surface area contributed by atoms with Crippen LogP contribution in [0, 0.1) is 17.3 Å². The minimum absolute atomic E-state index is 0.156. The van der Waals surface area contributed by atoms with E-state index < -0.39 is 0 Å². The van der Waals surface area contributed by atoms with Gasteiger partial charge in [0, 0.05) is 19.6 Å². The van der Waals surface area contributed by atoms with Gasteiger partial charge in [0.15, 0.2) is 0 Å². The average molecular weight is 257 g/mol. The molecule has 0 heterocycles. The Kier molecular flexibility index (Phi) is 8.25. The fourth-order valence-electron chi connectivity index (χ4n) is 2.28. The van der Waals surface area contributed by atoms with Crippen molar-refractivity contribution >= 4 is 5.91 Å². The van der Waals surface area contributed by atoms with Crippen molar-refractivity contribution in [1.82, 2.24) is 5.32 Å². The van der Waals surface area contributed by atoms with Gasteiger partial charge in [-0.1, -0.05) is 34.6 Å². The normalized spacial score (nSPS) is 15.2. The minimum Gasteiger partial charge on any atom is -0.396 e. The Balaban J connectivity index is 3.65. The predicted molar refractivity (Wildman–Crippen MR) is 76.3 cm³/mol. The molecule has 0 aliphatic carbocycles. The molecule has 3 nitrogen and oxygen atoms in total. The molecule has 18 heavy (non-hydrogen) atoms. The van der Waals surface area contributed by atoms with Gasteiger partial charge in [0.25, 0.3) is 0 Å². The second-order valence-electron chi connectivity index (χ2n) is 6.85. The van der Waals surface area contributed by atoms with E-state index in [4.69, 9.17) is 5.11 Å². The SMILES string of the molecule is CC(CO)CCCNC(=O)CC(C)CC(C)(C)C. The summed E-state index contributed by atoms with van der Waals surface area (Å²) in [5, 5.41) is 11.8. The number of hydrogen-bond acceptors (Lipinski definition) is 2. The molecular formula is C15H31NO2. The first kappa shape index (κ1) is 17.4. The summed E-state index contributed by atoms with van der Waals surface area (Å²) in [7, 11) is 0. The molecule has 0 spiro atoms. The van der Waals surface area contributed by atoms with Gasteiger partial charge in [-0.15, -0.1) is 0 Å². The molecule has 2 N–H and O–H groups in total. The highest BCUT2D eigenvalue weighted by Gasteiger charge is 2.17. The zero-order valence-electron chi connectivity index (χ0n) is 12.8. The molecule has 0 saturated heterocycles. The van der Waals surface area contributed by atoms with Crippen molar-refractivity contribution in [3.05, 3.63) is 0 Å². The third kappa shape index (κ3) is 10.6. The van der Waals surface area contributed by atoms with Gasteiger partial charge in [0.1, 0.15) is 0 Å². The molecule has 0 saturated carbocycles. The van der Waals surface area contributed by atoms with Crippen LogP contribution in [-0.2, 0) is 4.79 Å². The van der Waals surface area contributed by atoms with Crippen LogP contribution in [0.15, 0.2) is 0 Å². The predicted octanol–water partition coefficient (Wildman–Crippen LogP) is 2.97. The fraction of sp³-hybridized carbons (Fsp3) is 0.933. The molecule has 108 valence electrons. The molecule has 3 heteroatoms. The topological polar surface area (TPSA) is 49.3 Å². The molecule has 0 aromatic rings. The van der Waals surface area contributed by atoms with Gasteiger partial charge in [-0.25, -0.2) is 0 Å². The van der Waals surface area contributed by atoms with Crippen molar-refractivity contribution < 1.29 is 9.90 Å². The second-order valence-corrected chi connectivity index (χ2v) is 6.85. The molecule has 2 atom stereocenters. The number of carbonyl (C=O) groups excluding carboxylic acids is 1. The molecule has 0 radical (unpaired) electrons. The Labute approximate surface area is 112 Å². The highest BCUT2D eigenvalue weighted by molar-refractivity contribution is 5.76. The van der Waals surface area contributed by atoms with Crippen molar-refractivity contribution in [3.63, 3.8) is 0 Å². The summed E-state index contributed by atoms with van der Waals surface area (Å²) in [6.07, 6.45) is 3.60. The summed E-state index contributed by atoms with van der Waals surface area (Å²) in [6, 6.07) is 0. The molecule has 2 unspecified atom stereocenters. The lowest BCUT2D eigenvalue weighted by molar-refractivity contribution is -0.122. The summed E-state index contributed by atoms with van der Waals surface area (Å²) < 4.78 is 0. The van der Waals surface area contributed by atoms with Crippen LogP contribution < -0.4 is 5.32 Å². The van der Waals surface area contributed by atoms with E-state index >= 15 is 0 Å². The van der Waals surface area contributed by atoms with Gasteiger partial charge >= 0.3 is 0 Å². The largest absolute Gasteiger partial charge is 0.396 e. The van der Waals surface area contributed by atoms with Crippen LogP contribution in [0.2, 0.25) is 0 Å². The number of aliphatic hydroxyl groups excluding tert-OH is 1. The van der Waals surface area contributed by atoms with Crippen LogP contribution in [0.3, 0.4) is 0 Å². The highest BCUT2D eigenvalue weighted by atomic mass is 16.3. The van der Waals surface area contributed by atoms with E-state index in [0.717, 1.165) is 25.8 Å². The Morgan fingerprint density at radius 1 is 1.22 bits per heavy atom. The van der Waals surface area contributed by atoms with E-state index in [-0.39, 0.29) is 17.9 Å². The number of rotatable bonds is 8. The smallest absolute Gasteiger partial charge is 0.220 e. The van der Waals surface area contributed by atoms with Gasteiger partial charge in [-0.05, 0) is 36.5 Å². The number of hydrogen-bond donors (Lipinski definition) is 2. The summed E-state index contributed by atoms with van der Waals surface area (Å²) >= 11 is 0. The molecule has 0 fully saturated rings. The van der Waals surface area contributed by atoms with Crippen molar-refractivity contribution in [2.45, 2.75) is 60.3 Å². The van der Waals surface area contributed by atoms with E-state index in [9.17, 15) is 4.79 Å². The van der Waals surface area contributed by atoms with Crippen LogP contribution in [0.1, 0.15) is 60.3 Å². The van der Waals surface area contributed by atoms with Gasteiger partial charge in [0.2, 0.25) is 5.91 Å². The quantitative estimate of drug-likeness (QED) is 0.657. The maximum absolute atomic E-state index is 11.7. The summed E-state index contributed by atoms with van der Waals surface area (Å²) in [5.74, 6) is 0.923. The Hall–Kier alpha value is -0.570. The molecule has 0 aromatic heterocycles. The molecule has 0 rings (SSSR count). The first-order valence-corrected chi connectivity index (χ1v) is 7.12. The Morgan fingerprint density at radius 3 is 2.33 bits per heavy atom. The molecule has 0 aromatic carbocycles. The summed E-state index contributed by atoms with van der Waals surface area (Å²) in [6.45, 7) is 11.7. The van der Waals surface area contributed by atoms with Gasteiger partial charge in [-0.3, -0.25) is 4.79 Å². The first-order chi connectivity index (χ1) is 8.24. The summed E-state index contributed by atoms with van der Waals surface area (Å²) in [4.78, 5) is 11.7. The van der Waals surface area contributed by atoms with Crippen LogP contribution in [0.25, 0.3) is 0 Å². The van der Waals surface area contributed by atoms with E-state index in [0.29, 0.717) is 18.3 Å². The lowest BCUT2D eigenvalue weighted by atomic mass is 9.84. The number of aliphatic hydroxyl groups is 1. The maximum atomic E-state index is 11.7. The average Bonchev–Trinajstić information content (AvgIpc) is 2.21. The molecular weight excluding hydrogens is 226 g/mol. The van der Waals surface area contributed by atoms with Crippen LogP contribution in [-0.4, -0.2) is 24.2 Å². The van der Waals surface area contributed by atoms with Gasteiger partial charge < -0.3 is 10.4 Å². The molecule has 0 aliphatic rings.